The number of nitrogens with one attached hydrogen (secondary N) is 1. The standard InChI is InChI=1S/C26H33N3O2/c1-3-5-17-29(18-6-4-2)19-16-27-26(30)31-24-20-28-25(21-12-8-7-9-13-21)23-15-11-10-14-22(23)24/h7-15,20H,3-6,16-19H2,1-2H3,(H,27,30). The molecule has 0 saturated carbocycles. The number of hydrogen-bond donors (Lipinski definition) is 1. The smallest absolute Gasteiger partial charge is 0.408 e. The van der Waals surface area contributed by atoms with Crippen LogP contribution in [-0.4, -0.2) is 42.2 Å². The number of ether oxygens (including phenoxy) is 1. The molecule has 1 amide bonds. The minimum atomic E-state index is -0.439. The molecule has 3 aromatic rings. The van der Waals surface area contributed by atoms with Gasteiger partial charge in [-0.25, -0.2) is 4.79 Å². The molecule has 0 bridgehead atoms. The predicted octanol–water partition coefficient (Wildman–Crippen LogP) is 5.89. The van der Waals surface area contributed by atoms with Gasteiger partial charge in [0.25, 0.3) is 0 Å². The van der Waals surface area contributed by atoms with Crippen molar-refractivity contribution < 1.29 is 9.53 Å². The molecule has 0 fully saturated rings. The van der Waals surface area contributed by atoms with E-state index in [4.69, 9.17) is 4.74 Å². The van der Waals surface area contributed by atoms with Gasteiger partial charge in [0, 0.05) is 29.4 Å². The molecule has 5 nitrogen and oxygen atoms in total. The fourth-order valence-electron chi connectivity index (χ4n) is 3.63. The Morgan fingerprint density at radius 1 is 0.903 bits per heavy atom. The highest BCUT2D eigenvalue weighted by Crippen LogP contribution is 2.32. The third-order valence-electron chi connectivity index (χ3n) is 5.36. The van der Waals surface area contributed by atoms with Crippen molar-refractivity contribution in [3.8, 4) is 17.0 Å². The third-order valence-corrected chi connectivity index (χ3v) is 5.36. The second-order valence-electron chi connectivity index (χ2n) is 7.75. The lowest BCUT2D eigenvalue weighted by Crippen LogP contribution is -2.37. The van der Waals surface area contributed by atoms with E-state index >= 15 is 0 Å². The molecule has 0 aliphatic rings. The van der Waals surface area contributed by atoms with Crippen LogP contribution < -0.4 is 10.1 Å². The number of amides is 1. The summed E-state index contributed by atoms with van der Waals surface area (Å²) in [6, 6.07) is 17.9. The second kappa shape index (κ2) is 12.1. The summed E-state index contributed by atoms with van der Waals surface area (Å²) in [6.45, 7) is 7.95. The van der Waals surface area contributed by atoms with E-state index in [2.05, 4.69) is 29.0 Å². The maximum Gasteiger partial charge on any atom is 0.412 e. The monoisotopic (exact) mass is 419 g/mol. The molecular formula is C26H33N3O2. The van der Waals surface area contributed by atoms with E-state index in [0.717, 1.165) is 41.7 Å². The van der Waals surface area contributed by atoms with Crippen LogP contribution in [0.4, 0.5) is 4.79 Å². The number of rotatable bonds is 11. The summed E-state index contributed by atoms with van der Waals surface area (Å²) >= 11 is 0. The zero-order chi connectivity index (χ0) is 21.9. The Balaban J connectivity index is 1.64. The Morgan fingerprint density at radius 2 is 1.55 bits per heavy atom. The van der Waals surface area contributed by atoms with Crippen LogP contribution in [-0.2, 0) is 0 Å². The number of fused-ring (bicyclic) bond motifs is 1. The van der Waals surface area contributed by atoms with E-state index in [1.165, 1.54) is 25.7 Å². The van der Waals surface area contributed by atoms with Crippen LogP contribution in [0.15, 0.2) is 60.8 Å². The van der Waals surface area contributed by atoms with Crippen molar-refractivity contribution >= 4 is 16.9 Å². The van der Waals surface area contributed by atoms with Crippen molar-refractivity contribution in [3.05, 3.63) is 60.8 Å². The molecule has 0 radical (unpaired) electrons. The Bertz CT molecular complexity index is 951. The number of carbonyl (C=O) groups excluding carboxylic acids is 1. The molecule has 0 unspecified atom stereocenters. The van der Waals surface area contributed by atoms with Gasteiger partial charge in [0.05, 0.1) is 11.9 Å². The van der Waals surface area contributed by atoms with E-state index in [-0.39, 0.29) is 0 Å². The molecule has 0 aliphatic carbocycles. The molecule has 0 spiro atoms. The van der Waals surface area contributed by atoms with E-state index in [9.17, 15) is 4.79 Å². The quantitative estimate of drug-likeness (QED) is 0.421. The zero-order valence-electron chi connectivity index (χ0n) is 18.6. The first-order chi connectivity index (χ1) is 15.2. The van der Waals surface area contributed by atoms with Crippen LogP contribution in [0.2, 0.25) is 0 Å². The first kappa shape index (κ1) is 22.8. The number of unbranched alkanes of at least 4 members (excludes halogenated alkanes) is 2. The van der Waals surface area contributed by atoms with Gasteiger partial charge in [0.1, 0.15) is 0 Å². The highest BCUT2D eigenvalue weighted by molar-refractivity contribution is 5.98. The average molecular weight is 420 g/mol. The lowest BCUT2D eigenvalue weighted by molar-refractivity contribution is 0.196. The van der Waals surface area contributed by atoms with Crippen LogP contribution in [0, 0.1) is 0 Å². The maximum absolute atomic E-state index is 12.4. The van der Waals surface area contributed by atoms with Gasteiger partial charge in [0.2, 0.25) is 0 Å². The minimum absolute atomic E-state index is 0.439. The normalized spacial score (nSPS) is 11.1. The van der Waals surface area contributed by atoms with Crippen LogP contribution in [0.1, 0.15) is 39.5 Å². The number of carbonyl (C=O) groups is 1. The highest BCUT2D eigenvalue weighted by Gasteiger charge is 2.13. The maximum atomic E-state index is 12.4. The van der Waals surface area contributed by atoms with Crippen molar-refractivity contribution in [2.75, 3.05) is 26.2 Å². The number of aromatic nitrogens is 1. The molecule has 3 rings (SSSR count). The largest absolute Gasteiger partial charge is 0.412 e. The third kappa shape index (κ3) is 6.53. The van der Waals surface area contributed by atoms with Gasteiger partial charge in [-0.3, -0.25) is 4.98 Å². The van der Waals surface area contributed by atoms with Crippen LogP contribution >= 0.6 is 0 Å². The van der Waals surface area contributed by atoms with Crippen LogP contribution in [0.25, 0.3) is 22.0 Å². The number of benzene rings is 2. The topological polar surface area (TPSA) is 54.5 Å². The molecule has 0 atom stereocenters. The molecule has 1 N–H and O–H groups in total. The van der Waals surface area contributed by atoms with Gasteiger partial charge in [-0.2, -0.15) is 0 Å². The second-order valence-corrected chi connectivity index (χ2v) is 7.75. The number of hydrogen-bond acceptors (Lipinski definition) is 4. The van der Waals surface area contributed by atoms with Gasteiger partial charge < -0.3 is 15.0 Å². The molecule has 0 saturated heterocycles. The SMILES string of the molecule is CCCCN(CCCC)CCNC(=O)Oc1cnc(-c2ccccc2)c2ccccc12. The van der Waals surface area contributed by atoms with E-state index in [1.807, 2.05) is 54.6 Å². The summed E-state index contributed by atoms with van der Waals surface area (Å²) in [4.78, 5) is 19.4. The van der Waals surface area contributed by atoms with Crippen LogP contribution in [0.3, 0.4) is 0 Å². The first-order valence-electron chi connectivity index (χ1n) is 11.3. The summed E-state index contributed by atoms with van der Waals surface area (Å²) in [6.07, 6.45) is 5.91. The number of pyridine rings is 1. The molecule has 164 valence electrons. The summed E-state index contributed by atoms with van der Waals surface area (Å²) < 4.78 is 5.63. The lowest BCUT2D eigenvalue weighted by atomic mass is 10.0. The molecule has 2 aromatic carbocycles. The Kier molecular flexibility index (Phi) is 8.85. The Labute approximate surface area is 185 Å². The van der Waals surface area contributed by atoms with E-state index in [1.54, 1.807) is 6.20 Å². The summed E-state index contributed by atoms with van der Waals surface area (Å²) in [7, 11) is 0. The van der Waals surface area contributed by atoms with Crippen molar-refractivity contribution in [1.29, 1.82) is 0 Å². The molecule has 1 aromatic heterocycles. The molecule has 0 aliphatic heterocycles. The predicted molar refractivity (Wildman–Crippen MR) is 127 cm³/mol. The molecule has 31 heavy (non-hydrogen) atoms. The van der Waals surface area contributed by atoms with Crippen molar-refractivity contribution in [2.24, 2.45) is 0 Å². The van der Waals surface area contributed by atoms with Gasteiger partial charge >= 0.3 is 6.09 Å². The van der Waals surface area contributed by atoms with E-state index < -0.39 is 6.09 Å². The summed E-state index contributed by atoms with van der Waals surface area (Å²) in [5, 5.41) is 4.73. The van der Waals surface area contributed by atoms with Gasteiger partial charge in [-0.05, 0) is 25.9 Å². The molecular weight excluding hydrogens is 386 g/mol. The first-order valence-corrected chi connectivity index (χ1v) is 11.3. The molecule has 1 heterocycles. The van der Waals surface area contributed by atoms with Gasteiger partial charge in [0.15, 0.2) is 5.75 Å². The fourth-order valence-corrected chi connectivity index (χ4v) is 3.63. The van der Waals surface area contributed by atoms with Gasteiger partial charge in [-0.15, -0.1) is 0 Å². The van der Waals surface area contributed by atoms with Crippen LogP contribution in [0.5, 0.6) is 5.75 Å². The Morgan fingerprint density at radius 3 is 2.23 bits per heavy atom. The lowest BCUT2D eigenvalue weighted by Gasteiger charge is -2.22. The number of nitrogens with zero attached hydrogens (tertiary/aromatic N) is 2. The van der Waals surface area contributed by atoms with Crippen molar-refractivity contribution in [1.82, 2.24) is 15.2 Å². The highest BCUT2D eigenvalue weighted by atomic mass is 16.6. The minimum Gasteiger partial charge on any atom is -0.408 e. The van der Waals surface area contributed by atoms with Gasteiger partial charge in [-0.1, -0.05) is 81.3 Å². The average Bonchev–Trinajstić information content (AvgIpc) is 2.81. The molecule has 5 heteroatoms. The Hall–Kier alpha value is -2.92. The summed E-state index contributed by atoms with van der Waals surface area (Å²) in [5.74, 6) is 0.474. The fraction of sp³-hybridized carbons (Fsp3) is 0.385. The van der Waals surface area contributed by atoms with Crippen molar-refractivity contribution in [2.45, 2.75) is 39.5 Å². The zero-order valence-corrected chi connectivity index (χ0v) is 18.6. The summed E-state index contributed by atoms with van der Waals surface area (Å²) in [5.41, 5.74) is 1.92. The van der Waals surface area contributed by atoms with E-state index in [0.29, 0.717) is 12.3 Å². The van der Waals surface area contributed by atoms with Crippen molar-refractivity contribution in [3.63, 3.8) is 0 Å².